The van der Waals surface area contributed by atoms with Crippen molar-refractivity contribution in [3.8, 4) is 11.1 Å². The molecule has 2 N–H and O–H groups in total. The van der Waals surface area contributed by atoms with E-state index < -0.39 is 0 Å². The zero-order valence-corrected chi connectivity index (χ0v) is 8.54. The zero-order chi connectivity index (χ0) is 9.97. The second-order valence-electron chi connectivity index (χ2n) is 3.14. The number of nitrogens with two attached hydrogens (primary N) is 1. The van der Waals surface area contributed by atoms with E-state index in [9.17, 15) is 0 Å². The fourth-order valence-corrected chi connectivity index (χ4v) is 1.67. The van der Waals surface area contributed by atoms with Crippen LogP contribution in [0.25, 0.3) is 11.1 Å². The first-order valence-electron chi connectivity index (χ1n) is 4.41. The Morgan fingerprint density at radius 2 is 1.50 bits per heavy atom. The van der Waals surface area contributed by atoms with E-state index in [1.54, 1.807) is 0 Å². The summed E-state index contributed by atoms with van der Waals surface area (Å²) in [6.45, 7) is 0. The number of hydrogen-bond acceptors (Lipinski definition) is 2. The standard InChI is InChI=1S/C12H11NS/c13-10-7-5-9(6-8-10)11-3-1-2-4-12(11)14/h1-8,14H,13H2. The molecule has 0 spiro atoms. The minimum atomic E-state index is 0.783. The maximum absolute atomic E-state index is 5.62. The topological polar surface area (TPSA) is 26.0 Å². The van der Waals surface area contributed by atoms with Gasteiger partial charge in [-0.3, -0.25) is 0 Å². The van der Waals surface area contributed by atoms with Gasteiger partial charge in [0, 0.05) is 10.6 Å². The van der Waals surface area contributed by atoms with Crippen molar-refractivity contribution in [1.82, 2.24) is 0 Å². The lowest BCUT2D eigenvalue weighted by atomic mass is 10.1. The molecular formula is C12H11NS. The molecule has 0 aromatic heterocycles. The van der Waals surface area contributed by atoms with E-state index in [1.807, 2.05) is 48.5 Å². The Balaban J connectivity index is 2.50. The van der Waals surface area contributed by atoms with Crippen LogP contribution in [0.4, 0.5) is 5.69 Å². The van der Waals surface area contributed by atoms with Gasteiger partial charge < -0.3 is 5.73 Å². The fourth-order valence-electron chi connectivity index (χ4n) is 1.38. The number of hydrogen-bond donors (Lipinski definition) is 2. The lowest BCUT2D eigenvalue weighted by molar-refractivity contribution is 1.46. The summed E-state index contributed by atoms with van der Waals surface area (Å²) >= 11 is 4.40. The number of anilines is 1. The molecule has 14 heavy (non-hydrogen) atoms. The summed E-state index contributed by atoms with van der Waals surface area (Å²) in [5, 5.41) is 0. The van der Waals surface area contributed by atoms with Crippen molar-refractivity contribution in [2.24, 2.45) is 0 Å². The molecule has 0 bridgehead atoms. The van der Waals surface area contributed by atoms with Crippen LogP contribution in [-0.2, 0) is 0 Å². The predicted octanol–water partition coefficient (Wildman–Crippen LogP) is 3.22. The Labute approximate surface area is 89.0 Å². The summed E-state index contributed by atoms with van der Waals surface area (Å²) < 4.78 is 0. The van der Waals surface area contributed by atoms with Gasteiger partial charge >= 0.3 is 0 Å². The van der Waals surface area contributed by atoms with E-state index in [2.05, 4.69) is 12.6 Å². The van der Waals surface area contributed by atoms with Crippen molar-refractivity contribution in [3.05, 3.63) is 48.5 Å². The molecule has 2 rings (SSSR count). The van der Waals surface area contributed by atoms with Crippen LogP contribution in [0.1, 0.15) is 0 Å². The SMILES string of the molecule is Nc1ccc(-c2ccccc2S)cc1. The smallest absolute Gasteiger partial charge is 0.0314 e. The van der Waals surface area contributed by atoms with Gasteiger partial charge in [0.1, 0.15) is 0 Å². The van der Waals surface area contributed by atoms with E-state index in [1.165, 1.54) is 0 Å². The minimum Gasteiger partial charge on any atom is -0.399 e. The lowest BCUT2D eigenvalue weighted by Gasteiger charge is -2.04. The van der Waals surface area contributed by atoms with Crippen LogP contribution < -0.4 is 5.73 Å². The van der Waals surface area contributed by atoms with Gasteiger partial charge in [0.25, 0.3) is 0 Å². The molecule has 0 atom stereocenters. The second-order valence-corrected chi connectivity index (χ2v) is 3.62. The van der Waals surface area contributed by atoms with Gasteiger partial charge in [-0.15, -0.1) is 12.6 Å². The summed E-state index contributed by atoms with van der Waals surface area (Å²) in [5.74, 6) is 0. The van der Waals surface area contributed by atoms with Crippen molar-refractivity contribution >= 4 is 18.3 Å². The molecule has 0 heterocycles. The van der Waals surface area contributed by atoms with Gasteiger partial charge in [-0.25, -0.2) is 0 Å². The van der Waals surface area contributed by atoms with Gasteiger partial charge in [-0.2, -0.15) is 0 Å². The first-order valence-corrected chi connectivity index (χ1v) is 4.86. The van der Waals surface area contributed by atoms with Crippen LogP contribution in [0, 0.1) is 0 Å². The van der Waals surface area contributed by atoms with Crippen LogP contribution in [0.2, 0.25) is 0 Å². The van der Waals surface area contributed by atoms with E-state index in [0.29, 0.717) is 0 Å². The van der Waals surface area contributed by atoms with Crippen molar-refractivity contribution < 1.29 is 0 Å². The molecule has 2 heteroatoms. The summed E-state index contributed by atoms with van der Waals surface area (Å²) in [4.78, 5) is 0.984. The van der Waals surface area contributed by atoms with Crippen molar-refractivity contribution in [3.63, 3.8) is 0 Å². The molecule has 70 valence electrons. The molecule has 0 saturated heterocycles. The molecule has 0 aliphatic rings. The largest absolute Gasteiger partial charge is 0.399 e. The molecule has 0 aliphatic carbocycles. The summed E-state index contributed by atoms with van der Waals surface area (Å²) in [7, 11) is 0. The molecule has 1 nitrogen and oxygen atoms in total. The highest BCUT2D eigenvalue weighted by Gasteiger charge is 1.99. The van der Waals surface area contributed by atoms with E-state index >= 15 is 0 Å². The number of nitrogen functional groups attached to an aromatic ring is 1. The Morgan fingerprint density at radius 1 is 0.857 bits per heavy atom. The van der Waals surface area contributed by atoms with Crippen molar-refractivity contribution in [1.29, 1.82) is 0 Å². The van der Waals surface area contributed by atoms with Gasteiger partial charge in [-0.1, -0.05) is 30.3 Å². The van der Waals surface area contributed by atoms with E-state index in [4.69, 9.17) is 5.73 Å². The number of thiol groups is 1. The van der Waals surface area contributed by atoms with Crippen LogP contribution in [0.15, 0.2) is 53.4 Å². The molecule has 2 aromatic rings. The molecule has 0 saturated carbocycles. The van der Waals surface area contributed by atoms with Crippen LogP contribution in [0.3, 0.4) is 0 Å². The van der Waals surface area contributed by atoms with Crippen LogP contribution in [-0.4, -0.2) is 0 Å². The molecule has 0 fully saturated rings. The Hall–Kier alpha value is -1.41. The second kappa shape index (κ2) is 3.76. The van der Waals surface area contributed by atoms with Crippen LogP contribution >= 0.6 is 12.6 Å². The zero-order valence-electron chi connectivity index (χ0n) is 7.64. The summed E-state index contributed by atoms with van der Waals surface area (Å²) in [6, 6.07) is 15.8. The Kier molecular flexibility index (Phi) is 2.46. The summed E-state index contributed by atoms with van der Waals surface area (Å²) in [5.41, 5.74) is 8.68. The highest BCUT2D eigenvalue weighted by atomic mass is 32.1. The first-order chi connectivity index (χ1) is 6.77. The lowest BCUT2D eigenvalue weighted by Crippen LogP contribution is -1.84. The highest BCUT2D eigenvalue weighted by Crippen LogP contribution is 2.26. The number of rotatable bonds is 1. The van der Waals surface area contributed by atoms with Crippen molar-refractivity contribution in [2.45, 2.75) is 4.90 Å². The quantitative estimate of drug-likeness (QED) is 0.537. The molecule has 2 aromatic carbocycles. The molecular weight excluding hydrogens is 190 g/mol. The molecule has 0 aliphatic heterocycles. The Bertz CT molecular complexity index is 434. The third-order valence-electron chi connectivity index (χ3n) is 2.13. The van der Waals surface area contributed by atoms with Gasteiger partial charge in [0.05, 0.1) is 0 Å². The van der Waals surface area contributed by atoms with Crippen LogP contribution in [0.5, 0.6) is 0 Å². The normalized spacial score (nSPS) is 10.1. The third kappa shape index (κ3) is 1.75. The molecule has 0 amide bonds. The predicted molar refractivity (Wildman–Crippen MR) is 63.5 cm³/mol. The summed E-state index contributed by atoms with van der Waals surface area (Å²) in [6.07, 6.45) is 0. The maximum Gasteiger partial charge on any atom is 0.0314 e. The average Bonchev–Trinajstić information content (AvgIpc) is 2.20. The average molecular weight is 201 g/mol. The van der Waals surface area contributed by atoms with E-state index in [0.717, 1.165) is 21.7 Å². The minimum absolute atomic E-state index is 0.783. The first kappa shape index (κ1) is 9.16. The van der Waals surface area contributed by atoms with Crippen molar-refractivity contribution in [2.75, 3.05) is 5.73 Å². The van der Waals surface area contributed by atoms with Gasteiger partial charge in [0.15, 0.2) is 0 Å². The number of benzene rings is 2. The Morgan fingerprint density at radius 3 is 2.14 bits per heavy atom. The van der Waals surface area contributed by atoms with E-state index in [-0.39, 0.29) is 0 Å². The molecule has 0 unspecified atom stereocenters. The van der Waals surface area contributed by atoms with Gasteiger partial charge in [0.2, 0.25) is 0 Å². The third-order valence-corrected chi connectivity index (χ3v) is 2.52. The molecule has 0 radical (unpaired) electrons. The fraction of sp³-hybridized carbons (Fsp3) is 0. The highest BCUT2D eigenvalue weighted by molar-refractivity contribution is 7.80. The van der Waals surface area contributed by atoms with Gasteiger partial charge in [-0.05, 0) is 29.3 Å². The monoisotopic (exact) mass is 201 g/mol. The maximum atomic E-state index is 5.62.